The van der Waals surface area contributed by atoms with Gasteiger partial charge in [-0.3, -0.25) is 9.79 Å². The van der Waals surface area contributed by atoms with Crippen molar-refractivity contribution in [2.75, 3.05) is 6.54 Å². The van der Waals surface area contributed by atoms with Crippen molar-refractivity contribution >= 4 is 17.8 Å². The first-order chi connectivity index (χ1) is 13.4. The summed E-state index contributed by atoms with van der Waals surface area (Å²) >= 11 is 0. The number of amides is 1. The molecule has 2 aromatic carbocycles. The van der Waals surface area contributed by atoms with Gasteiger partial charge in [0, 0.05) is 36.7 Å². The smallest absolute Gasteiger partial charge is 0.254 e. The van der Waals surface area contributed by atoms with Gasteiger partial charge in [0.05, 0.1) is 11.3 Å². The second kappa shape index (κ2) is 6.28. The van der Waals surface area contributed by atoms with Crippen LogP contribution in [0.3, 0.4) is 0 Å². The van der Waals surface area contributed by atoms with Crippen LogP contribution in [0.25, 0.3) is 0 Å². The predicted molar refractivity (Wildman–Crippen MR) is 110 cm³/mol. The lowest BCUT2D eigenvalue weighted by molar-refractivity contribution is 0.0594. The summed E-state index contributed by atoms with van der Waals surface area (Å²) in [5.41, 5.74) is 5.62. The number of piperidine rings is 1. The number of nitrogens with zero attached hydrogens (tertiary/aromatic N) is 2. The molecule has 144 valence electrons. The number of likely N-dealkylation sites (tertiary alicyclic amines) is 1. The Morgan fingerprint density at radius 2 is 2.00 bits per heavy atom. The number of aliphatic hydroxyl groups is 1. The molecule has 4 nitrogen and oxygen atoms in total. The number of aliphatic imine (C=N–C) groups is 1. The molecule has 0 unspecified atom stereocenters. The lowest BCUT2D eigenvalue weighted by Crippen LogP contribution is -2.46. The maximum Gasteiger partial charge on any atom is 0.254 e. The first-order valence-electron chi connectivity index (χ1n) is 10.2. The van der Waals surface area contributed by atoms with E-state index in [9.17, 15) is 9.90 Å². The molecule has 0 saturated carbocycles. The summed E-state index contributed by atoms with van der Waals surface area (Å²) in [6, 6.07) is 12.5. The summed E-state index contributed by atoms with van der Waals surface area (Å²) < 4.78 is 0. The molecule has 0 bridgehead atoms. The second-order valence-corrected chi connectivity index (χ2v) is 8.85. The summed E-state index contributed by atoms with van der Waals surface area (Å²) in [7, 11) is 0. The number of rotatable bonds is 2. The van der Waals surface area contributed by atoms with Crippen LogP contribution in [0, 0.1) is 0 Å². The average Bonchev–Trinajstić information content (AvgIpc) is 3.29. The van der Waals surface area contributed by atoms with Gasteiger partial charge in [0.15, 0.2) is 0 Å². The highest BCUT2D eigenvalue weighted by Crippen LogP contribution is 2.44. The number of carbonyl (C=O) groups excluding carboxylic acids is 1. The number of benzene rings is 2. The summed E-state index contributed by atoms with van der Waals surface area (Å²) in [4.78, 5) is 19.8. The largest absolute Gasteiger partial charge is 0.386 e. The second-order valence-electron chi connectivity index (χ2n) is 8.85. The molecular formula is C24H26N2O2. The zero-order valence-electron chi connectivity index (χ0n) is 16.5. The van der Waals surface area contributed by atoms with E-state index >= 15 is 0 Å². The topological polar surface area (TPSA) is 52.9 Å². The fourth-order valence-corrected chi connectivity index (χ4v) is 5.05. The van der Waals surface area contributed by atoms with E-state index in [2.05, 4.69) is 22.0 Å². The van der Waals surface area contributed by atoms with Crippen molar-refractivity contribution < 1.29 is 9.90 Å². The summed E-state index contributed by atoms with van der Waals surface area (Å²) in [6.07, 6.45) is 5.79. The predicted octanol–water partition coefficient (Wildman–Crippen LogP) is 4.12. The van der Waals surface area contributed by atoms with Crippen LogP contribution in [-0.4, -0.2) is 34.7 Å². The van der Waals surface area contributed by atoms with E-state index in [1.54, 1.807) is 0 Å². The molecule has 2 aromatic rings. The van der Waals surface area contributed by atoms with Crippen molar-refractivity contribution in [3.63, 3.8) is 0 Å². The van der Waals surface area contributed by atoms with Gasteiger partial charge in [-0.2, -0.15) is 0 Å². The monoisotopic (exact) mass is 374 g/mol. The molecule has 1 aliphatic carbocycles. The zero-order chi connectivity index (χ0) is 19.5. The first kappa shape index (κ1) is 17.6. The third-order valence-corrected chi connectivity index (χ3v) is 6.59. The number of hydrogen-bond donors (Lipinski definition) is 1. The van der Waals surface area contributed by atoms with E-state index in [0.717, 1.165) is 49.0 Å². The van der Waals surface area contributed by atoms with Gasteiger partial charge in [-0.15, -0.1) is 0 Å². The van der Waals surface area contributed by atoms with E-state index in [1.165, 1.54) is 16.7 Å². The molecule has 5 rings (SSSR count). The van der Waals surface area contributed by atoms with Gasteiger partial charge in [0.1, 0.15) is 0 Å². The minimum absolute atomic E-state index is 0.120. The lowest BCUT2D eigenvalue weighted by atomic mass is 9.86. The third-order valence-electron chi connectivity index (χ3n) is 6.59. The zero-order valence-corrected chi connectivity index (χ0v) is 16.5. The first-order valence-corrected chi connectivity index (χ1v) is 10.2. The Kier molecular flexibility index (Phi) is 3.95. The molecule has 2 heterocycles. The van der Waals surface area contributed by atoms with Crippen LogP contribution >= 0.6 is 0 Å². The van der Waals surface area contributed by atoms with E-state index in [4.69, 9.17) is 0 Å². The van der Waals surface area contributed by atoms with E-state index < -0.39 is 5.60 Å². The molecule has 1 saturated heterocycles. The summed E-state index contributed by atoms with van der Waals surface area (Å²) in [5, 5.41) is 10.4. The van der Waals surface area contributed by atoms with Crippen molar-refractivity contribution in [2.45, 2.75) is 57.1 Å². The number of fused-ring (bicyclic) bond motifs is 4. The average molecular weight is 374 g/mol. The van der Waals surface area contributed by atoms with Crippen LogP contribution in [0.15, 0.2) is 41.4 Å². The van der Waals surface area contributed by atoms with Gasteiger partial charge >= 0.3 is 0 Å². The molecule has 1 amide bonds. The molecular weight excluding hydrogens is 348 g/mol. The van der Waals surface area contributed by atoms with Crippen LogP contribution in [0.5, 0.6) is 0 Å². The molecule has 2 atom stereocenters. The van der Waals surface area contributed by atoms with Crippen molar-refractivity contribution in [3.8, 4) is 0 Å². The Balaban J connectivity index is 1.45. The molecule has 1 N–H and O–H groups in total. The molecule has 0 radical (unpaired) electrons. The highest BCUT2D eigenvalue weighted by atomic mass is 16.3. The Morgan fingerprint density at radius 3 is 2.82 bits per heavy atom. The maximum absolute atomic E-state index is 13.4. The molecule has 1 fully saturated rings. The van der Waals surface area contributed by atoms with Crippen LogP contribution in [0.2, 0.25) is 0 Å². The molecule has 28 heavy (non-hydrogen) atoms. The van der Waals surface area contributed by atoms with Gasteiger partial charge in [0.2, 0.25) is 0 Å². The molecule has 4 heteroatoms. The summed E-state index contributed by atoms with van der Waals surface area (Å²) in [5.74, 6) is 0.484. The van der Waals surface area contributed by atoms with Crippen LogP contribution in [-0.2, 0) is 18.4 Å². The lowest BCUT2D eigenvalue weighted by Gasteiger charge is -2.38. The van der Waals surface area contributed by atoms with E-state index in [0.29, 0.717) is 5.92 Å². The standard InChI is InChI=1S/C24H26N2O2/c1-24(2,28)18-8-7-16-13-22-19(20(16)14-18)4-3-11-26(22)23(27)17-6-5-15-9-10-25-21(15)12-17/h5-8,10,12,14,19,22,28H,3-4,9,11,13H2,1-2H3/t19-,22+/m1/s1. The van der Waals surface area contributed by atoms with Crippen molar-refractivity contribution in [1.29, 1.82) is 0 Å². The number of hydrogen-bond acceptors (Lipinski definition) is 3. The number of carbonyl (C=O) groups is 1. The highest BCUT2D eigenvalue weighted by Gasteiger charge is 2.41. The quantitative estimate of drug-likeness (QED) is 0.860. The fraction of sp³-hybridized carbons (Fsp3) is 0.417. The Bertz CT molecular complexity index is 987. The van der Waals surface area contributed by atoms with Crippen LogP contribution < -0.4 is 0 Å². The summed E-state index contributed by atoms with van der Waals surface area (Å²) in [6.45, 7) is 4.47. The minimum atomic E-state index is -0.845. The van der Waals surface area contributed by atoms with Crippen molar-refractivity contribution in [1.82, 2.24) is 4.90 Å². The maximum atomic E-state index is 13.4. The fourth-order valence-electron chi connectivity index (χ4n) is 5.05. The SMILES string of the molecule is CC(C)(O)c1ccc2c(c1)[C@H]1CCCN(C(=O)c3ccc4c(c3)N=CC4)[C@H]1C2. The van der Waals surface area contributed by atoms with E-state index in [1.807, 2.05) is 44.3 Å². The van der Waals surface area contributed by atoms with E-state index in [-0.39, 0.29) is 11.9 Å². The Labute approximate surface area is 165 Å². The van der Waals surface area contributed by atoms with Gasteiger partial charge in [0.25, 0.3) is 5.91 Å². The molecule has 0 aromatic heterocycles. The van der Waals surface area contributed by atoms with Crippen LogP contribution in [0.4, 0.5) is 5.69 Å². The van der Waals surface area contributed by atoms with Crippen LogP contribution in [0.1, 0.15) is 65.2 Å². The van der Waals surface area contributed by atoms with Gasteiger partial charge < -0.3 is 10.0 Å². The van der Waals surface area contributed by atoms with Crippen molar-refractivity contribution in [2.24, 2.45) is 4.99 Å². The molecule has 2 aliphatic heterocycles. The minimum Gasteiger partial charge on any atom is -0.386 e. The van der Waals surface area contributed by atoms with Gasteiger partial charge in [-0.25, -0.2) is 0 Å². The Morgan fingerprint density at radius 1 is 1.18 bits per heavy atom. The van der Waals surface area contributed by atoms with Crippen molar-refractivity contribution in [3.05, 3.63) is 64.2 Å². The molecule has 3 aliphatic rings. The highest BCUT2D eigenvalue weighted by molar-refractivity contribution is 5.96. The third kappa shape index (κ3) is 2.78. The van der Waals surface area contributed by atoms with Gasteiger partial charge in [-0.1, -0.05) is 24.3 Å². The Hall–Kier alpha value is -2.46. The normalized spacial score (nSPS) is 22.8. The molecule has 0 spiro atoms. The van der Waals surface area contributed by atoms with Gasteiger partial charge in [-0.05, 0) is 67.5 Å².